The van der Waals surface area contributed by atoms with Crippen molar-refractivity contribution < 1.29 is 9.21 Å². The summed E-state index contributed by atoms with van der Waals surface area (Å²) in [4.78, 5) is 16.7. The molecule has 0 saturated heterocycles. The number of anilines is 1. The zero-order chi connectivity index (χ0) is 16.1. The van der Waals surface area contributed by atoms with Gasteiger partial charge < -0.3 is 15.5 Å². The van der Waals surface area contributed by atoms with Gasteiger partial charge in [0.25, 0.3) is 5.91 Å². The Bertz CT molecular complexity index is 797. The molecule has 1 amide bonds. The minimum absolute atomic E-state index is 0.0366. The quantitative estimate of drug-likeness (QED) is 0.829. The molecule has 2 rings (SSSR count). The number of fused-ring (bicyclic) bond motifs is 1. The number of hydrogen-bond donors (Lipinski definition) is 2. The van der Waals surface area contributed by atoms with Crippen molar-refractivity contribution in [1.29, 1.82) is 0 Å². The molecule has 0 aliphatic rings. The molecule has 2 aromatic rings. The minimum Gasteiger partial charge on any atom is -0.438 e. The number of hydrogen-bond acceptors (Lipinski definition) is 4. The highest BCUT2D eigenvalue weighted by Gasteiger charge is 2.20. The van der Waals surface area contributed by atoms with Gasteiger partial charge in [-0.25, -0.2) is 0 Å². The molecule has 2 aromatic heterocycles. The first-order valence-electron chi connectivity index (χ1n) is 6.65. The van der Waals surface area contributed by atoms with E-state index in [1.807, 2.05) is 6.92 Å². The van der Waals surface area contributed by atoms with Crippen LogP contribution in [0.15, 0.2) is 71.5 Å². The van der Waals surface area contributed by atoms with Gasteiger partial charge in [-0.2, -0.15) is 0 Å². The lowest BCUT2D eigenvalue weighted by Crippen LogP contribution is -2.23. The highest BCUT2D eigenvalue weighted by molar-refractivity contribution is 6.09. The van der Waals surface area contributed by atoms with Gasteiger partial charge in [0.05, 0.1) is 0 Å². The van der Waals surface area contributed by atoms with Gasteiger partial charge in [-0.15, -0.1) is 0 Å². The Morgan fingerprint density at radius 1 is 1.45 bits per heavy atom. The number of carbonyl (C=O) groups excluding carboxylic acids is 1. The lowest BCUT2D eigenvalue weighted by molar-refractivity contribution is 0.0968. The zero-order valence-corrected chi connectivity index (χ0v) is 12.3. The molecule has 0 unspecified atom stereocenters. The number of nitrogens with one attached hydrogen (secondary N) is 1. The van der Waals surface area contributed by atoms with Gasteiger partial charge in [0.2, 0.25) is 5.88 Å². The van der Waals surface area contributed by atoms with Gasteiger partial charge in [0.15, 0.2) is 5.58 Å². The van der Waals surface area contributed by atoms with Crippen LogP contribution >= 0.6 is 0 Å². The van der Waals surface area contributed by atoms with Crippen LogP contribution in [0.3, 0.4) is 0 Å². The van der Waals surface area contributed by atoms with Gasteiger partial charge in [-0.3, -0.25) is 9.78 Å². The van der Waals surface area contributed by atoms with E-state index in [1.165, 1.54) is 0 Å². The molecule has 0 aliphatic carbocycles. The lowest BCUT2D eigenvalue weighted by Gasteiger charge is -2.08. The van der Waals surface area contributed by atoms with E-state index in [4.69, 9.17) is 10.2 Å². The molecule has 0 radical (unpaired) electrons. The maximum Gasteiger partial charge on any atom is 0.263 e. The monoisotopic (exact) mass is 295 g/mol. The first kappa shape index (κ1) is 15.3. The van der Waals surface area contributed by atoms with Gasteiger partial charge in [0, 0.05) is 11.9 Å². The van der Waals surface area contributed by atoms with Crippen molar-refractivity contribution in [3.63, 3.8) is 0 Å². The summed E-state index contributed by atoms with van der Waals surface area (Å²) in [6.07, 6.45) is 8.30. The second-order valence-electron chi connectivity index (χ2n) is 4.54. The van der Waals surface area contributed by atoms with Crippen LogP contribution in [0.4, 0.5) is 5.88 Å². The third kappa shape index (κ3) is 2.98. The molecular weight excluding hydrogens is 278 g/mol. The summed E-state index contributed by atoms with van der Waals surface area (Å²) >= 11 is 0. The van der Waals surface area contributed by atoms with Crippen molar-refractivity contribution in [3.05, 3.63) is 72.6 Å². The molecular formula is C17H17N3O2. The van der Waals surface area contributed by atoms with Crippen LogP contribution in [0, 0.1) is 0 Å². The molecule has 3 N–H and O–H groups in total. The maximum absolute atomic E-state index is 12.5. The van der Waals surface area contributed by atoms with Crippen molar-refractivity contribution in [2.24, 2.45) is 0 Å². The van der Waals surface area contributed by atoms with Crippen LogP contribution in [-0.2, 0) is 0 Å². The average Bonchev–Trinajstić information content (AvgIpc) is 2.86. The predicted octanol–water partition coefficient (Wildman–Crippen LogP) is 3.34. The first-order valence-corrected chi connectivity index (χ1v) is 6.65. The number of furan rings is 1. The molecule has 22 heavy (non-hydrogen) atoms. The molecule has 2 heterocycles. The normalized spacial score (nSPS) is 12.2. The molecule has 5 nitrogen and oxygen atoms in total. The van der Waals surface area contributed by atoms with E-state index >= 15 is 0 Å². The van der Waals surface area contributed by atoms with Crippen LogP contribution in [0.25, 0.3) is 11.1 Å². The van der Waals surface area contributed by atoms with E-state index < -0.39 is 0 Å². The Labute approximate surface area is 128 Å². The summed E-state index contributed by atoms with van der Waals surface area (Å²) in [5.41, 5.74) is 8.33. The van der Waals surface area contributed by atoms with E-state index in [9.17, 15) is 4.79 Å². The Balaban J connectivity index is 2.42. The van der Waals surface area contributed by atoms with Gasteiger partial charge in [-0.05, 0) is 30.7 Å². The van der Waals surface area contributed by atoms with Crippen LogP contribution in [0.1, 0.15) is 17.3 Å². The molecule has 0 aliphatic heterocycles. The zero-order valence-electron chi connectivity index (χ0n) is 12.3. The van der Waals surface area contributed by atoms with Crippen LogP contribution < -0.4 is 11.1 Å². The molecule has 0 fully saturated rings. The summed E-state index contributed by atoms with van der Waals surface area (Å²) in [6.45, 7) is 9.15. The molecule has 5 heteroatoms. The average molecular weight is 295 g/mol. The smallest absolute Gasteiger partial charge is 0.263 e. The van der Waals surface area contributed by atoms with Crippen molar-refractivity contribution in [2.75, 3.05) is 5.73 Å². The van der Waals surface area contributed by atoms with Crippen LogP contribution in [-0.4, -0.2) is 10.9 Å². The number of carbonyl (C=O) groups is 1. The van der Waals surface area contributed by atoms with Crippen molar-refractivity contribution in [3.8, 4) is 0 Å². The number of rotatable bonds is 5. The number of pyridine rings is 1. The number of nitrogen functional groups attached to an aromatic ring is 1. The van der Waals surface area contributed by atoms with Crippen LogP contribution in [0.2, 0.25) is 0 Å². The molecule has 0 bridgehead atoms. The second-order valence-corrected chi connectivity index (χ2v) is 4.54. The number of amides is 1. The summed E-state index contributed by atoms with van der Waals surface area (Å²) in [5.74, 6) is -0.352. The van der Waals surface area contributed by atoms with E-state index in [-0.39, 0.29) is 17.4 Å². The first-order chi connectivity index (χ1) is 10.6. The molecule has 0 spiro atoms. The largest absolute Gasteiger partial charge is 0.438 e. The number of nitrogens with zero attached hydrogens (tertiary/aromatic N) is 1. The predicted molar refractivity (Wildman–Crippen MR) is 88.1 cm³/mol. The SMILES string of the molecule is C=C/C=C\C(NC(=O)c1c(N)oc2cccnc12)=C(\C)C=C. The number of aromatic nitrogens is 1. The second kappa shape index (κ2) is 6.58. The van der Waals surface area contributed by atoms with Gasteiger partial charge >= 0.3 is 0 Å². The fourth-order valence-electron chi connectivity index (χ4n) is 1.90. The topological polar surface area (TPSA) is 81.2 Å². The summed E-state index contributed by atoms with van der Waals surface area (Å²) in [5, 5.41) is 2.79. The molecule has 0 saturated carbocycles. The van der Waals surface area contributed by atoms with Gasteiger partial charge in [0.1, 0.15) is 11.1 Å². The Kier molecular flexibility index (Phi) is 4.58. The van der Waals surface area contributed by atoms with E-state index in [2.05, 4.69) is 23.5 Å². The lowest BCUT2D eigenvalue weighted by atomic mass is 10.2. The highest BCUT2D eigenvalue weighted by Crippen LogP contribution is 2.26. The summed E-state index contributed by atoms with van der Waals surface area (Å²) in [7, 11) is 0. The summed E-state index contributed by atoms with van der Waals surface area (Å²) in [6, 6.07) is 3.42. The fraction of sp³-hybridized carbons (Fsp3) is 0.0588. The summed E-state index contributed by atoms with van der Waals surface area (Å²) < 4.78 is 5.35. The Hall–Kier alpha value is -3.08. The number of allylic oxidation sites excluding steroid dienone is 5. The Morgan fingerprint density at radius 2 is 2.23 bits per heavy atom. The van der Waals surface area contributed by atoms with E-state index in [1.54, 1.807) is 42.6 Å². The maximum atomic E-state index is 12.5. The van der Waals surface area contributed by atoms with Crippen LogP contribution in [0.5, 0.6) is 0 Å². The fourth-order valence-corrected chi connectivity index (χ4v) is 1.90. The van der Waals surface area contributed by atoms with Crippen molar-refractivity contribution >= 4 is 22.9 Å². The molecule has 112 valence electrons. The highest BCUT2D eigenvalue weighted by atomic mass is 16.3. The van der Waals surface area contributed by atoms with Crippen molar-refractivity contribution in [2.45, 2.75) is 6.92 Å². The van der Waals surface area contributed by atoms with E-state index in [0.717, 1.165) is 5.57 Å². The third-order valence-corrected chi connectivity index (χ3v) is 3.08. The molecule has 0 aromatic carbocycles. The van der Waals surface area contributed by atoms with Crippen molar-refractivity contribution in [1.82, 2.24) is 10.3 Å². The minimum atomic E-state index is -0.389. The van der Waals surface area contributed by atoms with E-state index in [0.29, 0.717) is 16.8 Å². The standard InChI is InChI=1S/C17H17N3O2/c1-4-6-8-12(11(3)5-2)20-17(21)14-15-13(22-16(14)18)9-7-10-19-15/h4-10H,1-2,18H2,3H3,(H,20,21)/b8-6-,12-11+. The Morgan fingerprint density at radius 3 is 2.91 bits per heavy atom. The van der Waals surface area contributed by atoms with Gasteiger partial charge in [-0.1, -0.05) is 31.4 Å². The number of nitrogens with two attached hydrogens (primary N) is 1. The molecule has 0 atom stereocenters. The third-order valence-electron chi connectivity index (χ3n) is 3.08.